The van der Waals surface area contributed by atoms with E-state index in [0.717, 1.165) is 0 Å². The molecule has 2 rings (SSSR count). The van der Waals surface area contributed by atoms with E-state index in [2.05, 4.69) is 10.0 Å². The Kier molecular flexibility index (Phi) is 5.32. The van der Waals surface area contributed by atoms with Gasteiger partial charge in [0.25, 0.3) is 5.91 Å². The molecule has 0 atom stereocenters. The zero-order valence-corrected chi connectivity index (χ0v) is 15.0. The van der Waals surface area contributed by atoms with E-state index in [1.165, 1.54) is 18.2 Å². The summed E-state index contributed by atoms with van der Waals surface area (Å²) < 4.78 is 26.5. The number of rotatable bonds is 5. The van der Waals surface area contributed by atoms with Gasteiger partial charge in [0.2, 0.25) is 0 Å². The molecule has 0 unspecified atom stereocenters. The first kappa shape index (κ1) is 19.8. The summed E-state index contributed by atoms with van der Waals surface area (Å²) in [7, 11) is -1.30. The van der Waals surface area contributed by atoms with Gasteiger partial charge < -0.3 is 20.1 Å². The number of carbonyl (C=O) groups excluding carboxylic acids is 1. The highest BCUT2D eigenvalue weighted by Crippen LogP contribution is 2.40. The fourth-order valence-corrected chi connectivity index (χ4v) is 2.42. The molecule has 1 heterocycles. The van der Waals surface area contributed by atoms with Crippen molar-refractivity contribution in [2.45, 2.75) is 38.9 Å². The Hall–Kier alpha value is -2.55. The molecule has 0 spiro atoms. The van der Waals surface area contributed by atoms with Crippen molar-refractivity contribution in [1.82, 2.24) is 0 Å². The number of amides is 1. The largest absolute Gasteiger partial charge is 0.525 e. The third-order valence-corrected chi connectivity index (χ3v) is 4.65. The van der Waals surface area contributed by atoms with Gasteiger partial charge in [0.1, 0.15) is 11.5 Å². The summed E-state index contributed by atoms with van der Waals surface area (Å²) in [6, 6.07) is 3.82. The first-order valence-corrected chi connectivity index (χ1v) is 7.88. The minimum Gasteiger partial charge on any atom is -0.507 e. The molecule has 1 aliphatic rings. The van der Waals surface area contributed by atoms with E-state index in [-0.39, 0.29) is 29.0 Å². The third-order valence-electron chi connectivity index (χ3n) is 4.65. The first-order valence-electron chi connectivity index (χ1n) is 7.88. The lowest BCUT2D eigenvalue weighted by Gasteiger charge is -2.32. The number of halogens is 1. The molecule has 0 aliphatic carbocycles. The Balaban J connectivity index is 2.54. The van der Waals surface area contributed by atoms with Crippen molar-refractivity contribution in [2.75, 3.05) is 6.54 Å². The van der Waals surface area contributed by atoms with Gasteiger partial charge in [0, 0.05) is 4.91 Å². The van der Waals surface area contributed by atoms with Crippen molar-refractivity contribution < 1.29 is 23.6 Å². The number of aromatic hydroxyl groups is 1. The van der Waals surface area contributed by atoms with Crippen molar-refractivity contribution in [2.24, 2.45) is 10.8 Å². The number of nitrogens with two attached hydrogens (primary N) is 1. The molecule has 1 saturated heterocycles. The molecule has 1 aromatic rings. The highest BCUT2D eigenvalue weighted by molar-refractivity contribution is 6.55. The third kappa shape index (κ3) is 3.67. The Morgan fingerprint density at radius 3 is 2.42 bits per heavy atom. The lowest BCUT2D eigenvalue weighted by Crippen LogP contribution is -2.41. The van der Waals surface area contributed by atoms with Crippen LogP contribution in [0.3, 0.4) is 0 Å². The van der Waals surface area contributed by atoms with Crippen LogP contribution in [0.5, 0.6) is 5.75 Å². The molecule has 1 amide bonds. The molecule has 1 aliphatic heterocycles. The van der Waals surface area contributed by atoms with Crippen LogP contribution in [0.4, 0.5) is 4.39 Å². The van der Waals surface area contributed by atoms with Gasteiger partial charge in [-0.25, -0.2) is 4.39 Å². The van der Waals surface area contributed by atoms with E-state index >= 15 is 4.39 Å². The fraction of sp³-hybridized carbons (Fsp3) is 0.438. The minimum absolute atomic E-state index is 0.0243. The van der Waals surface area contributed by atoms with Crippen LogP contribution in [0.15, 0.2) is 29.0 Å². The molecule has 8 nitrogen and oxygen atoms in total. The maximum Gasteiger partial charge on any atom is 0.525 e. The number of hydrogen-bond acceptors (Lipinski definition) is 5. The van der Waals surface area contributed by atoms with Crippen LogP contribution in [0.25, 0.3) is 16.0 Å². The summed E-state index contributed by atoms with van der Waals surface area (Å²) in [5.41, 5.74) is 11.5. The summed E-state index contributed by atoms with van der Waals surface area (Å²) in [6.07, 6.45) is 0. The molecule has 1 fully saturated rings. The lowest BCUT2D eigenvalue weighted by molar-refractivity contribution is 0.00578. The summed E-state index contributed by atoms with van der Waals surface area (Å²) in [5.74, 6) is -1.20. The Morgan fingerprint density at radius 2 is 1.92 bits per heavy atom. The number of hydrogen-bond donors (Lipinski definition) is 2. The van der Waals surface area contributed by atoms with Crippen LogP contribution >= 0.6 is 0 Å². The van der Waals surface area contributed by atoms with Gasteiger partial charge in [-0.15, -0.1) is 0 Å². The SMILES string of the molecule is CC1(C)OB(C(F)=C(CN=[N+]=[N-])c2ccc(O)c(C(N)=O)c2)OC1(C)C. The van der Waals surface area contributed by atoms with E-state index in [0.29, 0.717) is 0 Å². The molecule has 0 radical (unpaired) electrons. The number of benzene rings is 1. The van der Waals surface area contributed by atoms with Gasteiger partial charge in [0.15, 0.2) is 0 Å². The van der Waals surface area contributed by atoms with Crippen LogP contribution in [0, 0.1) is 0 Å². The molecular weight excluding hydrogens is 342 g/mol. The number of carbonyl (C=O) groups is 1. The second-order valence-corrected chi connectivity index (χ2v) is 6.90. The van der Waals surface area contributed by atoms with Gasteiger partial charge in [-0.05, 0) is 56.5 Å². The van der Waals surface area contributed by atoms with Gasteiger partial charge in [-0.1, -0.05) is 11.2 Å². The predicted molar refractivity (Wildman–Crippen MR) is 94.7 cm³/mol. The average molecular weight is 362 g/mol. The minimum atomic E-state index is -1.30. The number of phenols is 1. The summed E-state index contributed by atoms with van der Waals surface area (Å²) in [5, 5.41) is 13.1. The second kappa shape index (κ2) is 6.99. The predicted octanol–water partition coefficient (Wildman–Crippen LogP) is 3.11. The van der Waals surface area contributed by atoms with Crippen molar-refractivity contribution in [1.29, 1.82) is 0 Å². The zero-order valence-electron chi connectivity index (χ0n) is 15.0. The number of nitrogens with zero attached hydrogens (tertiary/aromatic N) is 3. The second-order valence-electron chi connectivity index (χ2n) is 6.90. The molecule has 0 aromatic heterocycles. The van der Waals surface area contributed by atoms with Gasteiger partial charge in [-0.3, -0.25) is 4.79 Å². The molecular formula is C16H20BFN4O4. The maximum atomic E-state index is 15.2. The quantitative estimate of drug-likeness (QED) is 0.361. The topological polar surface area (TPSA) is 131 Å². The Morgan fingerprint density at radius 1 is 1.35 bits per heavy atom. The average Bonchev–Trinajstić information content (AvgIpc) is 2.76. The van der Waals surface area contributed by atoms with Gasteiger partial charge >= 0.3 is 7.12 Å². The fourth-order valence-electron chi connectivity index (χ4n) is 2.42. The molecule has 1 aromatic carbocycles. The molecule has 138 valence electrons. The van der Waals surface area contributed by atoms with Crippen LogP contribution in [0.1, 0.15) is 43.6 Å². The molecule has 0 bridgehead atoms. The van der Waals surface area contributed by atoms with E-state index in [1.807, 2.05) is 0 Å². The maximum absolute atomic E-state index is 15.2. The highest BCUT2D eigenvalue weighted by atomic mass is 19.1. The summed E-state index contributed by atoms with van der Waals surface area (Å²) in [4.78, 5) is 14.1. The van der Waals surface area contributed by atoms with E-state index < -0.39 is 30.0 Å². The highest BCUT2D eigenvalue weighted by Gasteiger charge is 2.53. The van der Waals surface area contributed by atoms with Crippen LogP contribution in [-0.4, -0.2) is 35.9 Å². The first-order chi connectivity index (χ1) is 12.0. The van der Waals surface area contributed by atoms with E-state index in [4.69, 9.17) is 20.6 Å². The molecule has 10 heteroatoms. The standard InChI is InChI=1S/C16H20BFN4O4/c1-15(2)16(3,4)26-17(25-15)13(18)11(8-21-22-20)9-5-6-12(23)10(7-9)14(19)24/h5-7,23H,8H2,1-4H3,(H2,19,24). The Bertz CT molecular complexity index is 802. The van der Waals surface area contributed by atoms with Crippen LogP contribution < -0.4 is 5.73 Å². The Labute approximate surface area is 150 Å². The molecule has 3 N–H and O–H groups in total. The van der Waals surface area contributed by atoms with Crippen molar-refractivity contribution in [3.63, 3.8) is 0 Å². The molecule has 0 saturated carbocycles. The summed E-state index contributed by atoms with van der Waals surface area (Å²) >= 11 is 0. The normalized spacial score (nSPS) is 18.9. The number of primary amides is 1. The monoisotopic (exact) mass is 362 g/mol. The summed E-state index contributed by atoms with van der Waals surface area (Å²) in [6.45, 7) is 6.77. The van der Waals surface area contributed by atoms with E-state index in [1.54, 1.807) is 27.7 Å². The van der Waals surface area contributed by atoms with Crippen LogP contribution in [0.2, 0.25) is 0 Å². The zero-order chi connectivity index (χ0) is 19.7. The van der Waals surface area contributed by atoms with Gasteiger partial charge in [-0.2, -0.15) is 0 Å². The lowest BCUT2D eigenvalue weighted by atomic mass is 9.82. The van der Waals surface area contributed by atoms with Crippen LogP contribution in [-0.2, 0) is 9.31 Å². The smallest absolute Gasteiger partial charge is 0.507 e. The van der Waals surface area contributed by atoms with Crippen molar-refractivity contribution in [3.05, 3.63) is 45.5 Å². The van der Waals surface area contributed by atoms with Crippen molar-refractivity contribution in [3.8, 4) is 5.75 Å². The van der Waals surface area contributed by atoms with Gasteiger partial charge in [0.05, 0.1) is 23.3 Å². The molecule has 26 heavy (non-hydrogen) atoms. The van der Waals surface area contributed by atoms with E-state index in [9.17, 15) is 9.90 Å². The van der Waals surface area contributed by atoms with Crippen molar-refractivity contribution >= 4 is 18.6 Å². The number of azide groups is 1.